The molecular weight excluding hydrogens is 436 g/mol. The van der Waals surface area contributed by atoms with Crippen LogP contribution in [0.15, 0.2) is 41.5 Å². The van der Waals surface area contributed by atoms with Crippen molar-refractivity contribution in [2.24, 2.45) is 5.10 Å². The summed E-state index contributed by atoms with van der Waals surface area (Å²) < 4.78 is 6.18. The van der Waals surface area contributed by atoms with Gasteiger partial charge in [-0.15, -0.1) is 0 Å². The number of likely N-dealkylation sites (N-methyl/N-ethyl adjacent to an activating group) is 1. The molecule has 0 unspecified atom stereocenters. The summed E-state index contributed by atoms with van der Waals surface area (Å²) in [7, 11) is 0. The molecule has 0 amide bonds. The van der Waals surface area contributed by atoms with Crippen molar-refractivity contribution in [3.05, 3.63) is 47.5 Å². The third-order valence-electron chi connectivity index (χ3n) is 6.49. The van der Waals surface area contributed by atoms with Gasteiger partial charge in [0.25, 0.3) is 0 Å². The summed E-state index contributed by atoms with van der Waals surface area (Å²) in [5.74, 6) is 1.34. The molecule has 35 heavy (non-hydrogen) atoms. The van der Waals surface area contributed by atoms with E-state index in [1.165, 1.54) is 5.56 Å². The number of aryl methyl sites for hydroxylation is 1. The molecule has 0 spiro atoms. The topological polar surface area (TPSA) is 56.2 Å². The van der Waals surface area contributed by atoms with Gasteiger partial charge in [0.15, 0.2) is 5.82 Å². The standard InChI is InChI=1S/C28H44N6O/c1-6-12-34(13-7-2)26-19-27(31-29-21-25-11-9-10-23(4)18-25)30-28(20-26)35-17-16-32-14-15-33(8-3)24(5)22-32/h9-11,18-21,24H,6-8,12-17,22H2,1-5H3,(H,30,31)/b29-21+/t24-/m0/s1. The number of benzene rings is 1. The molecule has 1 aromatic heterocycles. The predicted molar refractivity (Wildman–Crippen MR) is 148 cm³/mol. The van der Waals surface area contributed by atoms with Gasteiger partial charge in [-0.05, 0) is 38.8 Å². The third-order valence-corrected chi connectivity index (χ3v) is 6.49. The monoisotopic (exact) mass is 480 g/mol. The summed E-state index contributed by atoms with van der Waals surface area (Å²) in [6, 6.07) is 13.0. The summed E-state index contributed by atoms with van der Waals surface area (Å²) in [6.45, 7) is 19.0. The molecule has 1 fully saturated rings. The van der Waals surface area contributed by atoms with E-state index in [1.54, 1.807) is 0 Å². The second-order valence-electron chi connectivity index (χ2n) is 9.45. The second kappa shape index (κ2) is 14.0. The van der Waals surface area contributed by atoms with Crippen LogP contribution in [0.25, 0.3) is 0 Å². The Hall–Kier alpha value is -2.64. The van der Waals surface area contributed by atoms with E-state index in [0.29, 0.717) is 24.3 Å². The Morgan fingerprint density at radius 2 is 1.94 bits per heavy atom. The van der Waals surface area contributed by atoms with Gasteiger partial charge < -0.3 is 9.64 Å². The summed E-state index contributed by atoms with van der Waals surface area (Å²) in [5, 5.41) is 4.44. The average molecular weight is 481 g/mol. The van der Waals surface area contributed by atoms with E-state index in [2.05, 4.69) is 84.1 Å². The van der Waals surface area contributed by atoms with Crippen LogP contribution in [0.1, 0.15) is 51.7 Å². The molecule has 1 aromatic carbocycles. The maximum absolute atomic E-state index is 6.18. The minimum Gasteiger partial charge on any atom is -0.476 e. The van der Waals surface area contributed by atoms with Gasteiger partial charge in [0.2, 0.25) is 5.88 Å². The van der Waals surface area contributed by atoms with E-state index in [1.807, 2.05) is 18.3 Å². The van der Waals surface area contributed by atoms with Crippen molar-refractivity contribution in [3.8, 4) is 5.88 Å². The molecule has 0 saturated carbocycles. The Morgan fingerprint density at radius 1 is 1.14 bits per heavy atom. The molecule has 0 aliphatic carbocycles. The average Bonchev–Trinajstić information content (AvgIpc) is 2.84. The van der Waals surface area contributed by atoms with Crippen LogP contribution in [0.4, 0.5) is 11.5 Å². The first-order valence-electron chi connectivity index (χ1n) is 13.2. The number of nitrogens with zero attached hydrogens (tertiary/aromatic N) is 5. The lowest BCUT2D eigenvalue weighted by Gasteiger charge is -2.39. The lowest BCUT2D eigenvalue weighted by molar-refractivity contribution is 0.0776. The number of aromatic nitrogens is 1. The van der Waals surface area contributed by atoms with E-state index in [4.69, 9.17) is 9.72 Å². The highest BCUT2D eigenvalue weighted by Gasteiger charge is 2.22. The van der Waals surface area contributed by atoms with E-state index in [-0.39, 0.29) is 0 Å². The maximum Gasteiger partial charge on any atom is 0.217 e. The van der Waals surface area contributed by atoms with E-state index < -0.39 is 0 Å². The number of anilines is 2. The molecule has 1 N–H and O–H groups in total. The van der Waals surface area contributed by atoms with E-state index in [0.717, 1.165) is 69.9 Å². The van der Waals surface area contributed by atoms with Gasteiger partial charge in [-0.2, -0.15) is 10.1 Å². The quantitative estimate of drug-likeness (QED) is 0.326. The predicted octanol–water partition coefficient (Wildman–Crippen LogP) is 4.87. The first kappa shape index (κ1) is 27.0. The fourth-order valence-electron chi connectivity index (χ4n) is 4.66. The lowest BCUT2D eigenvalue weighted by Crippen LogP contribution is -2.52. The van der Waals surface area contributed by atoms with Crippen LogP contribution in [0, 0.1) is 6.92 Å². The van der Waals surface area contributed by atoms with E-state index >= 15 is 0 Å². The molecule has 1 aliphatic heterocycles. The molecule has 2 aromatic rings. The molecule has 3 rings (SSSR count). The van der Waals surface area contributed by atoms with Gasteiger partial charge in [0, 0.05) is 63.1 Å². The Labute approximate surface area is 212 Å². The van der Waals surface area contributed by atoms with Gasteiger partial charge in [-0.1, -0.05) is 50.6 Å². The van der Waals surface area contributed by atoms with Crippen molar-refractivity contribution in [1.29, 1.82) is 0 Å². The Kier molecular flexibility index (Phi) is 10.8. The molecule has 1 atom stereocenters. The van der Waals surface area contributed by atoms with E-state index in [9.17, 15) is 0 Å². The van der Waals surface area contributed by atoms with Gasteiger partial charge in [-0.3, -0.25) is 15.2 Å². The third kappa shape index (κ3) is 8.51. The first-order chi connectivity index (χ1) is 17.0. The molecular formula is C28H44N6O. The summed E-state index contributed by atoms with van der Waals surface area (Å²) in [5.41, 5.74) is 6.52. The SMILES string of the molecule is CCCN(CCC)c1cc(N/N=C/c2cccc(C)c2)nc(OCCN2CCN(CC)[C@@H](C)C2)c1. The summed E-state index contributed by atoms with van der Waals surface area (Å²) in [4.78, 5) is 12.1. The molecule has 0 bridgehead atoms. The zero-order chi connectivity index (χ0) is 25.0. The van der Waals surface area contributed by atoms with Crippen molar-refractivity contribution in [2.45, 2.75) is 53.5 Å². The highest BCUT2D eigenvalue weighted by Crippen LogP contribution is 2.25. The van der Waals surface area contributed by atoms with Crippen molar-refractivity contribution >= 4 is 17.7 Å². The van der Waals surface area contributed by atoms with Crippen molar-refractivity contribution < 1.29 is 4.74 Å². The Bertz CT molecular complexity index is 927. The number of nitrogens with one attached hydrogen (secondary N) is 1. The van der Waals surface area contributed by atoms with Crippen LogP contribution in [-0.2, 0) is 0 Å². The molecule has 0 radical (unpaired) electrons. The second-order valence-corrected chi connectivity index (χ2v) is 9.45. The molecule has 192 valence electrons. The number of piperazine rings is 1. The van der Waals surface area contributed by atoms with Gasteiger partial charge in [-0.25, -0.2) is 0 Å². The zero-order valence-corrected chi connectivity index (χ0v) is 22.3. The minimum atomic E-state index is 0.592. The van der Waals surface area contributed by atoms with Crippen molar-refractivity contribution in [1.82, 2.24) is 14.8 Å². The fraction of sp³-hybridized carbons (Fsp3) is 0.571. The normalized spacial score (nSPS) is 17.1. The number of hydrazone groups is 1. The van der Waals surface area contributed by atoms with Crippen LogP contribution in [0.2, 0.25) is 0 Å². The van der Waals surface area contributed by atoms with Crippen LogP contribution >= 0.6 is 0 Å². The number of hydrogen-bond acceptors (Lipinski definition) is 7. The van der Waals surface area contributed by atoms with Gasteiger partial charge in [0.05, 0.1) is 6.21 Å². The molecule has 2 heterocycles. The van der Waals surface area contributed by atoms with Crippen LogP contribution in [0.5, 0.6) is 5.88 Å². The number of ether oxygens (including phenoxy) is 1. The van der Waals surface area contributed by atoms with Crippen LogP contribution in [0.3, 0.4) is 0 Å². The number of pyridine rings is 1. The minimum absolute atomic E-state index is 0.592. The molecule has 1 aliphatic rings. The largest absolute Gasteiger partial charge is 0.476 e. The highest BCUT2D eigenvalue weighted by atomic mass is 16.5. The van der Waals surface area contributed by atoms with Gasteiger partial charge in [0.1, 0.15) is 6.61 Å². The molecule has 7 heteroatoms. The fourth-order valence-corrected chi connectivity index (χ4v) is 4.66. The van der Waals surface area contributed by atoms with Crippen molar-refractivity contribution in [2.75, 3.05) is 62.7 Å². The van der Waals surface area contributed by atoms with Crippen LogP contribution in [-0.4, -0.2) is 79.5 Å². The first-order valence-corrected chi connectivity index (χ1v) is 13.2. The Morgan fingerprint density at radius 3 is 2.63 bits per heavy atom. The zero-order valence-electron chi connectivity index (χ0n) is 22.3. The Balaban J connectivity index is 1.68. The van der Waals surface area contributed by atoms with Gasteiger partial charge >= 0.3 is 0 Å². The smallest absolute Gasteiger partial charge is 0.217 e. The highest BCUT2D eigenvalue weighted by molar-refractivity contribution is 5.80. The molecule has 1 saturated heterocycles. The lowest BCUT2D eigenvalue weighted by atomic mass is 10.2. The van der Waals surface area contributed by atoms with Crippen LogP contribution < -0.4 is 15.1 Å². The molecule has 7 nitrogen and oxygen atoms in total. The van der Waals surface area contributed by atoms with Crippen molar-refractivity contribution in [3.63, 3.8) is 0 Å². The summed E-state index contributed by atoms with van der Waals surface area (Å²) >= 11 is 0. The maximum atomic E-state index is 6.18. The number of hydrogen-bond donors (Lipinski definition) is 1. The number of rotatable bonds is 13. The summed E-state index contributed by atoms with van der Waals surface area (Å²) in [6.07, 6.45) is 4.01.